The predicted octanol–water partition coefficient (Wildman–Crippen LogP) is 4.32. The maximum Gasteiger partial charge on any atom is 0.124 e. The molecule has 0 heterocycles. The molecule has 0 radical (unpaired) electrons. The van der Waals surface area contributed by atoms with E-state index in [4.69, 9.17) is 15.2 Å². The van der Waals surface area contributed by atoms with Crippen LogP contribution >= 0.6 is 0 Å². The van der Waals surface area contributed by atoms with Gasteiger partial charge in [0.05, 0.1) is 13.7 Å². The van der Waals surface area contributed by atoms with Crippen LogP contribution in [0.25, 0.3) is 0 Å². The highest BCUT2D eigenvalue weighted by atomic mass is 16.5. The van der Waals surface area contributed by atoms with Crippen LogP contribution in [0, 0.1) is 5.92 Å². The third kappa shape index (κ3) is 5.68. The summed E-state index contributed by atoms with van der Waals surface area (Å²) >= 11 is 0. The molecule has 0 fully saturated rings. The molecule has 0 saturated carbocycles. The van der Waals surface area contributed by atoms with Crippen molar-refractivity contribution < 1.29 is 9.47 Å². The monoisotopic (exact) mass is 293 g/mol. The number of para-hydroxylation sites is 1. The van der Waals surface area contributed by atoms with E-state index in [-0.39, 0.29) is 12.1 Å². The molecule has 0 saturated heterocycles. The van der Waals surface area contributed by atoms with Gasteiger partial charge in [-0.3, -0.25) is 0 Å². The van der Waals surface area contributed by atoms with Gasteiger partial charge in [-0.05, 0) is 25.3 Å². The molecule has 1 rings (SSSR count). The fraction of sp³-hybridized carbons (Fsp3) is 0.667. The first-order valence-electron chi connectivity index (χ1n) is 8.14. The van der Waals surface area contributed by atoms with Crippen molar-refractivity contribution in [3.8, 4) is 5.75 Å². The maximum absolute atomic E-state index is 6.18. The van der Waals surface area contributed by atoms with Crippen molar-refractivity contribution >= 4 is 0 Å². The molecule has 3 atom stereocenters. The number of methoxy groups -OCH3 is 1. The lowest BCUT2D eigenvalue weighted by molar-refractivity contribution is 0.0115. The Bertz CT molecular complexity index is 393. The normalized spacial score (nSPS) is 15.5. The fourth-order valence-electron chi connectivity index (χ4n) is 2.56. The second kappa shape index (κ2) is 9.80. The van der Waals surface area contributed by atoms with Crippen molar-refractivity contribution in [2.24, 2.45) is 11.7 Å². The Morgan fingerprint density at radius 1 is 1.19 bits per heavy atom. The second-order valence-electron chi connectivity index (χ2n) is 5.77. The van der Waals surface area contributed by atoms with Crippen molar-refractivity contribution in [2.45, 2.75) is 58.6 Å². The van der Waals surface area contributed by atoms with Crippen LogP contribution in [0.3, 0.4) is 0 Å². The molecular weight excluding hydrogens is 262 g/mol. The van der Waals surface area contributed by atoms with Crippen molar-refractivity contribution in [1.82, 2.24) is 0 Å². The average molecular weight is 293 g/mol. The van der Waals surface area contributed by atoms with E-state index in [1.807, 2.05) is 31.2 Å². The van der Waals surface area contributed by atoms with Crippen molar-refractivity contribution in [1.29, 1.82) is 0 Å². The average Bonchev–Trinajstić information content (AvgIpc) is 2.50. The fourth-order valence-corrected chi connectivity index (χ4v) is 2.56. The molecule has 0 bridgehead atoms. The first-order valence-corrected chi connectivity index (χ1v) is 8.14. The molecule has 21 heavy (non-hydrogen) atoms. The number of hydrogen-bond donors (Lipinski definition) is 1. The zero-order valence-corrected chi connectivity index (χ0v) is 14.0. The van der Waals surface area contributed by atoms with Gasteiger partial charge in [-0.2, -0.15) is 0 Å². The minimum Gasteiger partial charge on any atom is -0.496 e. The Balaban J connectivity index is 2.73. The van der Waals surface area contributed by atoms with Gasteiger partial charge in [0.2, 0.25) is 0 Å². The predicted molar refractivity (Wildman–Crippen MR) is 88.6 cm³/mol. The molecular formula is C18H31NO2. The summed E-state index contributed by atoms with van der Waals surface area (Å²) in [5.41, 5.74) is 7.18. The third-order valence-corrected chi connectivity index (χ3v) is 3.98. The maximum atomic E-state index is 6.18. The summed E-state index contributed by atoms with van der Waals surface area (Å²) in [6, 6.07) is 7.91. The topological polar surface area (TPSA) is 44.5 Å². The van der Waals surface area contributed by atoms with E-state index in [9.17, 15) is 0 Å². The van der Waals surface area contributed by atoms with E-state index in [0.717, 1.165) is 24.3 Å². The van der Waals surface area contributed by atoms with Gasteiger partial charge in [-0.25, -0.2) is 0 Å². The minimum atomic E-state index is -0.114. The first kappa shape index (κ1) is 18.0. The van der Waals surface area contributed by atoms with Crippen LogP contribution in [0.5, 0.6) is 5.75 Å². The standard InChI is InChI=1S/C18H31NO2/c1-5-7-10-15(6-2)13-21-18(14(3)19)16-11-8-9-12-17(16)20-4/h8-9,11-12,14-15,18H,5-7,10,13,19H2,1-4H3. The second-order valence-corrected chi connectivity index (χ2v) is 5.77. The molecule has 3 heteroatoms. The van der Waals surface area contributed by atoms with Gasteiger partial charge in [0.1, 0.15) is 11.9 Å². The smallest absolute Gasteiger partial charge is 0.124 e. The number of nitrogens with two attached hydrogens (primary N) is 1. The zero-order valence-electron chi connectivity index (χ0n) is 14.0. The van der Waals surface area contributed by atoms with Crippen LogP contribution in [0.4, 0.5) is 0 Å². The number of unbranched alkanes of at least 4 members (excludes halogenated alkanes) is 1. The lowest BCUT2D eigenvalue weighted by Gasteiger charge is -2.26. The Labute approximate surface area is 129 Å². The lowest BCUT2D eigenvalue weighted by atomic mass is 9.99. The SMILES string of the molecule is CCCCC(CC)COC(c1ccccc1OC)C(C)N. The quantitative estimate of drug-likeness (QED) is 0.699. The van der Waals surface area contributed by atoms with Gasteiger partial charge in [-0.15, -0.1) is 0 Å². The van der Waals surface area contributed by atoms with Gasteiger partial charge in [0.25, 0.3) is 0 Å². The Kier molecular flexibility index (Phi) is 8.40. The van der Waals surface area contributed by atoms with Crippen LogP contribution in [0.15, 0.2) is 24.3 Å². The summed E-state index contributed by atoms with van der Waals surface area (Å²) in [5.74, 6) is 1.46. The van der Waals surface area contributed by atoms with E-state index in [2.05, 4.69) is 13.8 Å². The highest BCUT2D eigenvalue weighted by molar-refractivity contribution is 5.35. The summed E-state index contributed by atoms with van der Waals surface area (Å²) < 4.78 is 11.6. The van der Waals surface area contributed by atoms with Gasteiger partial charge < -0.3 is 15.2 Å². The largest absolute Gasteiger partial charge is 0.496 e. The third-order valence-electron chi connectivity index (χ3n) is 3.98. The van der Waals surface area contributed by atoms with Gasteiger partial charge in [0, 0.05) is 11.6 Å². The number of rotatable bonds is 10. The lowest BCUT2D eigenvalue weighted by Crippen LogP contribution is -2.29. The highest BCUT2D eigenvalue weighted by Gasteiger charge is 2.21. The van der Waals surface area contributed by atoms with Crippen molar-refractivity contribution in [3.63, 3.8) is 0 Å². The molecule has 3 nitrogen and oxygen atoms in total. The number of benzene rings is 1. The van der Waals surface area contributed by atoms with Crippen LogP contribution in [-0.4, -0.2) is 19.8 Å². The molecule has 0 aliphatic carbocycles. The molecule has 1 aromatic rings. The van der Waals surface area contributed by atoms with Gasteiger partial charge in [-0.1, -0.05) is 51.3 Å². The summed E-state index contributed by atoms with van der Waals surface area (Å²) in [4.78, 5) is 0. The Hall–Kier alpha value is -1.06. The van der Waals surface area contributed by atoms with Crippen LogP contribution < -0.4 is 10.5 Å². The van der Waals surface area contributed by atoms with Crippen LogP contribution in [0.1, 0.15) is 58.1 Å². The van der Waals surface area contributed by atoms with Gasteiger partial charge >= 0.3 is 0 Å². The van der Waals surface area contributed by atoms with Crippen LogP contribution in [-0.2, 0) is 4.74 Å². The van der Waals surface area contributed by atoms with E-state index in [1.165, 1.54) is 19.3 Å². The van der Waals surface area contributed by atoms with E-state index in [0.29, 0.717) is 5.92 Å². The molecule has 0 aliphatic heterocycles. The van der Waals surface area contributed by atoms with Crippen molar-refractivity contribution in [2.75, 3.05) is 13.7 Å². The summed E-state index contributed by atoms with van der Waals surface area (Å²) in [6.45, 7) is 7.21. The van der Waals surface area contributed by atoms with E-state index < -0.39 is 0 Å². The first-order chi connectivity index (χ1) is 10.1. The molecule has 0 spiro atoms. The molecule has 120 valence electrons. The van der Waals surface area contributed by atoms with Crippen LogP contribution in [0.2, 0.25) is 0 Å². The van der Waals surface area contributed by atoms with E-state index >= 15 is 0 Å². The molecule has 0 amide bonds. The Morgan fingerprint density at radius 3 is 2.48 bits per heavy atom. The summed E-state index contributed by atoms with van der Waals surface area (Å²) in [5, 5.41) is 0. The summed E-state index contributed by atoms with van der Waals surface area (Å²) in [7, 11) is 1.69. The molecule has 2 N–H and O–H groups in total. The zero-order chi connectivity index (χ0) is 15.7. The number of hydrogen-bond acceptors (Lipinski definition) is 3. The highest BCUT2D eigenvalue weighted by Crippen LogP contribution is 2.30. The van der Waals surface area contributed by atoms with Crippen molar-refractivity contribution in [3.05, 3.63) is 29.8 Å². The molecule has 1 aromatic carbocycles. The summed E-state index contributed by atoms with van der Waals surface area (Å²) in [6.07, 6.45) is 4.76. The number of ether oxygens (including phenoxy) is 2. The molecule has 0 aliphatic rings. The molecule has 0 aromatic heterocycles. The minimum absolute atomic E-state index is 0.0648. The Morgan fingerprint density at radius 2 is 1.90 bits per heavy atom. The molecule has 3 unspecified atom stereocenters. The van der Waals surface area contributed by atoms with E-state index in [1.54, 1.807) is 7.11 Å². The van der Waals surface area contributed by atoms with Gasteiger partial charge in [0.15, 0.2) is 0 Å².